The van der Waals surface area contributed by atoms with Crippen molar-refractivity contribution in [3.63, 3.8) is 0 Å². The zero-order chi connectivity index (χ0) is 15.4. The molecule has 0 bridgehead atoms. The Bertz CT molecular complexity index is 681. The van der Waals surface area contributed by atoms with Crippen LogP contribution in [0.3, 0.4) is 0 Å². The molecular formula is C16H19N3O2S. The Labute approximate surface area is 133 Å². The normalized spacial score (nSPS) is 16.5. The molecule has 0 saturated carbocycles. The Hall–Kier alpha value is -1.92. The fourth-order valence-electron chi connectivity index (χ4n) is 2.72. The highest BCUT2D eigenvalue weighted by atomic mass is 32.1. The van der Waals surface area contributed by atoms with Crippen molar-refractivity contribution in [1.82, 2.24) is 14.8 Å². The van der Waals surface area contributed by atoms with Gasteiger partial charge in [-0.1, -0.05) is 6.07 Å². The van der Waals surface area contributed by atoms with Gasteiger partial charge in [-0.05, 0) is 30.0 Å². The lowest BCUT2D eigenvalue weighted by Gasteiger charge is -2.21. The summed E-state index contributed by atoms with van der Waals surface area (Å²) in [7, 11) is 0. The van der Waals surface area contributed by atoms with Gasteiger partial charge in [0.1, 0.15) is 5.56 Å². The van der Waals surface area contributed by atoms with Gasteiger partial charge in [0.25, 0.3) is 11.5 Å². The highest BCUT2D eigenvalue weighted by Crippen LogP contribution is 2.14. The minimum Gasteiger partial charge on any atom is -0.337 e. The van der Waals surface area contributed by atoms with Gasteiger partial charge in [-0.25, -0.2) is 0 Å². The molecule has 22 heavy (non-hydrogen) atoms. The van der Waals surface area contributed by atoms with E-state index in [4.69, 9.17) is 0 Å². The molecule has 1 aliphatic heterocycles. The Morgan fingerprint density at radius 2 is 2.09 bits per heavy atom. The Balaban J connectivity index is 1.64. The molecule has 0 spiro atoms. The van der Waals surface area contributed by atoms with E-state index in [9.17, 15) is 9.59 Å². The summed E-state index contributed by atoms with van der Waals surface area (Å²) >= 11 is 1.76. The van der Waals surface area contributed by atoms with Gasteiger partial charge in [0.15, 0.2) is 0 Å². The summed E-state index contributed by atoms with van der Waals surface area (Å²) in [5.74, 6) is -0.167. The van der Waals surface area contributed by atoms with E-state index in [2.05, 4.69) is 27.4 Å². The third-order valence-electron chi connectivity index (χ3n) is 3.88. The van der Waals surface area contributed by atoms with Crippen molar-refractivity contribution in [1.29, 1.82) is 0 Å². The maximum Gasteiger partial charge on any atom is 0.260 e. The van der Waals surface area contributed by atoms with E-state index in [0.29, 0.717) is 13.1 Å². The number of hydrogen-bond donors (Lipinski definition) is 1. The van der Waals surface area contributed by atoms with Crippen LogP contribution in [0.2, 0.25) is 0 Å². The van der Waals surface area contributed by atoms with E-state index >= 15 is 0 Å². The summed E-state index contributed by atoms with van der Waals surface area (Å²) in [6.07, 6.45) is 2.48. The lowest BCUT2D eigenvalue weighted by Crippen LogP contribution is -2.37. The van der Waals surface area contributed by atoms with Crippen LogP contribution in [0.15, 0.2) is 40.6 Å². The number of hydrogen-bond acceptors (Lipinski definition) is 4. The van der Waals surface area contributed by atoms with Crippen LogP contribution in [0.5, 0.6) is 0 Å². The number of aromatic nitrogens is 1. The maximum atomic E-state index is 12.5. The predicted molar refractivity (Wildman–Crippen MR) is 87.2 cm³/mol. The third-order valence-corrected chi connectivity index (χ3v) is 4.75. The smallest absolute Gasteiger partial charge is 0.260 e. The Morgan fingerprint density at radius 3 is 2.86 bits per heavy atom. The second kappa shape index (κ2) is 6.89. The molecule has 1 saturated heterocycles. The van der Waals surface area contributed by atoms with Gasteiger partial charge in [-0.3, -0.25) is 14.5 Å². The monoisotopic (exact) mass is 317 g/mol. The van der Waals surface area contributed by atoms with Crippen LogP contribution in [0.4, 0.5) is 0 Å². The van der Waals surface area contributed by atoms with E-state index in [1.165, 1.54) is 4.88 Å². The first-order chi connectivity index (χ1) is 10.7. The van der Waals surface area contributed by atoms with Crippen LogP contribution < -0.4 is 5.56 Å². The van der Waals surface area contributed by atoms with Crippen LogP contribution >= 0.6 is 11.3 Å². The zero-order valence-corrected chi connectivity index (χ0v) is 13.1. The highest BCUT2D eigenvalue weighted by molar-refractivity contribution is 7.09. The molecule has 0 radical (unpaired) electrons. The van der Waals surface area contributed by atoms with Crippen LogP contribution in [-0.4, -0.2) is 46.9 Å². The molecule has 116 valence electrons. The number of amides is 1. The molecule has 2 aromatic heterocycles. The summed E-state index contributed by atoms with van der Waals surface area (Å²) < 4.78 is 0. The molecule has 0 aliphatic carbocycles. The number of thiophene rings is 1. The van der Waals surface area contributed by atoms with Gasteiger partial charge in [0.2, 0.25) is 0 Å². The van der Waals surface area contributed by atoms with Crippen molar-refractivity contribution < 1.29 is 4.79 Å². The minimum atomic E-state index is -0.313. The SMILES string of the molecule is O=C(c1ccc[nH]c1=O)N1CCCN(Cc2cccs2)CC1. The first kappa shape index (κ1) is 15.0. The number of aromatic amines is 1. The van der Waals surface area contributed by atoms with Crippen molar-refractivity contribution in [2.45, 2.75) is 13.0 Å². The van der Waals surface area contributed by atoms with Crippen LogP contribution in [0.25, 0.3) is 0 Å². The van der Waals surface area contributed by atoms with E-state index in [1.54, 1.807) is 34.6 Å². The lowest BCUT2D eigenvalue weighted by atomic mass is 10.2. The number of carbonyl (C=O) groups excluding carboxylic acids is 1. The van der Waals surface area contributed by atoms with E-state index < -0.39 is 0 Å². The molecule has 2 aromatic rings. The maximum absolute atomic E-state index is 12.5. The fourth-order valence-corrected chi connectivity index (χ4v) is 3.46. The number of rotatable bonds is 3. The Kier molecular flexibility index (Phi) is 4.70. The largest absolute Gasteiger partial charge is 0.337 e. The van der Waals surface area contributed by atoms with Gasteiger partial charge < -0.3 is 9.88 Å². The molecule has 3 rings (SSSR count). The standard InChI is InChI=1S/C16H19N3O2S/c20-15-14(5-1-6-17-15)16(21)19-8-3-7-18(9-10-19)12-13-4-2-11-22-13/h1-2,4-6,11H,3,7-10,12H2,(H,17,20). The van der Waals surface area contributed by atoms with Crippen molar-refractivity contribution in [2.75, 3.05) is 26.2 Å². The average molecular weight is 317 g/mol. The first-order valence-electron chi connectivity index (χ1n) is 7.46. The topological polar surface area (TPSA) is 56.4 Å². The molecule has 1 fully saturated rings. The van der Waals surface area contributed by atoms with Crippen LogP contribution in [-0.2, 0) is 6.54 Å². The summed E-state index contributed by atoms with van der Waals surface area (Å²) in [6, 6.07) is 7.49. The summed E-state index contributed by atoms with van der Waals surface area (Å²) in [5.41, 5.74) is -0.0820. The number of nitrogens with zero attached hydrogens (tertiary/aromatic N) is 2. The molecule has 1 aliphatic rings. The summed E-state index contributed by atoms with van der Waals surface area (Å²) in [4.78, 5) is 32.3. The number of nitrogens with one attached hydrogen (secondary N) is 1. The zero-order valence-electron chi connectivity index (χ0n) is 12.3. The van der Waals surface area contributed by atoms with E-state index in [0.717, 1.165) is 26.1 Å². The molecule has 1 N–H and O–H groups in total. The third kappa shape index (κ3) is 3.45. The predicted octanol–water partition coefficient (Wildman–Crippen LogP) is 1.78. The molecule has 5 nitrogen and oxygen atoms in total. The number of carbonyl (C=O) groups is 1. The fraction of sp³-hybridized carbons (Fsp3) is 0.375. The van der Waals surface area contributed by atoms with E-state index in [1.807, 2.05) is 0 Å². The van der Waals surface area contributed by atoms with Crippen LogP contribution in [0.1, 0.15) is 21.7 Å². The van der Waals surface area contributed by atoms with Crippen molar-refractivity contribution in [3.8, 4) is 0 Å². The molecule has 0 aromatic carbocycles. The quantitative estimate of drug-likeness (QED) is 0.939. The van der Waals surface area contributed by atoms with E-state index in [-0.39, 0.29) is 17.0 Å². The second-order valence-corrected chi connectivity index (χ2v) is 6.45. The molecule has 0 atom stereocenters. The van der Waals surface area contributed by atoms with Crippen molar-refractivity contribution >= 4 is 17.2 Å². The summed E-state index contributed by atoms with van der Waals surface area (Å²) in [6.45, 7) is 4.12. The average Bonchev–Trinajstić information content (AvgIpc) is 2.92. The van der Waals surface area contributed by atoms with Gasteiger partial charge in [0, 0.05) is 43.8 Å². The summed E-state index contributed by atoms with van der Waals surface area (Å²) in [5, 5.41) is 2.09. The Morgan fingerprint density at radius 1 is 1.18 bits per heavy atom. The second-order valence-electron chi connectivity index (χ2n) is 5.41. The molecular weight excluding hydrogens is 298 g/mol. The molecule has 0 unspecified atom stereocenters. The highest BCUT2D eigenvalue weighted by Gasteiger charge is 2.22. The minimum absolute atomic E-state index is 0.167. The van der Waals surface area contributed by atoms with Gasteiger partial charge >= 0.3 is 0 Å². The first-order valence-corrected chi connectivity index (χ1v) is 8.34. The number of pyridine rings is 1. The number of H-pyrrole nitrogens is 1. The van der Waals surface area contributed by atoms with Crippen LogP contribution in [0, 0.1) is 0 Å². The van der Waals surface area contributed by atoms with Gasteiger partial charge in [-0.2, -0.15) is 0 Å². The van der Waals surface area contributed by atoms with Gasteiger partial charge in [0.05, 0.1) is 0 Å². The van der Waals surface area contributed by atoms with Crippen molar-refractivity contribution in [2.24, 2.45) is 0 Å². The molecule has 3 heterocycles. The molecule has 6 heteroatoms. The van der Waals surface area contributed by atoms with Gasteiger partial charge in [-0.15, -0.1) is 11.3 Å². The lowest BCUT2D eigenvalue weighted by molar-refractivity contribution is 0.0759. The molecule has 1 amide bonds. The van der Waals surface area contributed by atoms with Crippen molar-refractivity contribution in [3.05, 3.63) is 56.6 Å².